The molecule has 0 amide bonds. The molecule has 3 rings (SSSR count). The van der Waals surface area contributed by atoms with Crippen molar-refractivity contribution in [3.05, 3.63) is 81.8 Å². The molecule has 2 aromatic carbocycles. The van der Waals surface area contributed by atoms with Gasteiger partial charge >= 0.3 is 5.97 Å². The van der Waals surface area contributed by atoms with Gasteiger partial charge in [-0.05, 0) is 24.6 Å². The van der Waals surface area contributed by atoms with Crippen molar-refractivity contribution in [2.45, 2.75) is 19.9 Å². The second kappa shape index (κ2) is 7.94. The fourth-order valence-corrected chi connectivity index (χ4v) is 3.62. The summed E-state index contributed by atoms with van der Waals surface area (Å²) in [5, 5.41) is 10.1. The first-order chi connectivity index (χ1) is 12.1. The SMILES string of the molecule is Cc1nc(CCN(Cc2ccccc2)c2ccccc2)sc1C(=O)O. The summed E-state index contributed by atoms with van der Waals surface area (Å²) in [6.07, 6.45) is 0.723. The molecule has 0 aliphatic carbocycles. The van der Waals surface area contributed by atoms with Crippen LogP contribution in [0.15, 0.2) is 60.7 Å². The molecule has 0 fully saturated rings. The molecule has 1 heterocycles. The third-order valence-corrected chi connectivity index (χ3v) is 5.17. The summed E-state index contributed by atoms with van der Waals surface area (Å²) in [6.45, 7) is 3.34. The van der Waals surface area contributed by atoms with E-state index >= 15 is 0 Å². The van der Waals surface area contributed by atoms with Crippen molar-refractivity contribution in [1.29, 1.82) is 0 Å². The molecule has 1 aromatic heterocycles. The van der Waals surface area contributed by atoms with Crippen LogP contribution in [-0.4, -0.2) is 22.6 Å². The number of aromatic carboxylic acids is 1. The van der Waals surface area contributed by atoms with E-state index < -0.39 is 5.97 Å². The quantitative estimate of drug-likeness (QED) is 0.685. The van der Waals surface area contributed by atoms with Crippen LogP contribution in [0.4, 0.5) is 5.69 Å². The van der Waals surface area contributed by atoms with Crippen LogP contribution in [0, 0.1) is 6.92 Å². The summed E-state index contributed by atoms with van der Waals surface area (Å²) in [7, 11) is 0. The molecular weight excluding hydrogens is 332 g/mol. The maximum atomic E-state index is 11.2. The summed E-state index contributed by atoms with van der Waals surface area (Å²) in [4.78, 5) is 18.2. The van der Waals surface area contributed by atoms with E-state index in [1.165, 1.54) is 16.9 Å². The number of carbonyl (C=O) groups is 1. The van der Waals surface area contributed by atoms with Crippen LogP contribution in [-0.2, 0) is 13.0 Å². The van der Waals surface area contributed by atoms with Crippen LogP contribution in [0.3, 0.4) is 0 Å². The largest absolute Gasteiger partial charge is 0.477 e. The van der Waals surface area contributed by atoms with Crippen LogP contribution in [0.5, 0.6) is 0 Å². The first-order valence-corrected chi connectivity index (χ1v) is 8.98. The highest BCUT2D eigenvalue weighted by Gasteiger charge is 2.15. The van der Waals surface area contributed by atoms with Crippen LogP contribution in [0.2, 0.25) is 0 Å². The second-order valence-corrected chi connectivity index (χ2v) is 6.90. The molecule has 0 radical (unpaired) electrons. The fraction of sp³-hybridized carbons (Fsp3) is 0.200. The van der Waals surface area contributed by atoms with Crippen LogP contribution < -0.4 is 4.90 Å². The van der Waals surface area contributed by atoms with E-state index in [2.05, 4.69) is 34.1 Å². The fourth-order valence-electron chi connectivity index (χ4n) is 2.73. The zero-order valence-electron chi connectivity index (χ0n) is 14.1. The highest BCUT2D eigenvalue weighted by molar-refractivity contribution is 7.13. The number of benzene rings is 2. The van der Waals surface area contributed by atoms with Gasteiger partial charge in [0.15, 0.2) is 0 Å². The minimum atomic E-state index is -0.898. The van der Waals surface area contributed by atoms with Gasteiger partial charge in [0, 0.05) is 25.2 Å². The van der Waals surface area contributed by atoms with E-state index in [9.17, 15) is 9.90 Å². The maximum absolute atomic E-state index is 11.2. The Morgan fingerprint density at radius 3 is 2.32 bits per heavy atom. The van der Waals surface area contributed by atoms with E-state index in [4.69, 9.17) is 0 Å². The monoisotopic (exact) mass is 352 g/mol. The zero-order chi connectivity index (χ0) is 17.6. The standard InChI is InChI=1S/C20H20N2O2S/c1-15-19(20(23)24)25-18(21-15)12-13-22(17-10-6-3-7-11-17)14-16-8-4-2-5-9-16/h2-11H,12-14H2,1H3,(H,23,24). The molecule has 0 bridgehead atoms. The predicted octanol–water partition coefficient (Wildman–Crippen LogP) is 4.40. The molecule has 0 atom stereocenters. The van der Waals surface area contributed by atoms with Gasteiger partial charge in [0.2, 0.25) is 0 Å². The molecular formula is C20H20N2O2S. The van der Waals surface area contributed by atoms with Gasteiger partial charge in [0.25, 0.3) is 0 Å². The number of carboxylic acids is 1. The van der Waals surface area contributed by atoms with Crippen molar-refractivity contribution in [1.82, 2.24) is 4.98 Å². The number of hydrogen-bond acceptors (Lipinski definition) is 4. The molecule has 4 nitrogen and oxygen atoms in total. The van der Waals surface area contributed by atoms with Crippen LogP contribution in [0.25, 0.3) is 0 Å². The van der Waals surface area contributed by atoms with E-state index in [1.807, 2.05) is 36.4 Å². The number of thiazole rings is 1. The number of hydrogen-bond donors (Lipinski definition) is 1. The second-order valence-electron chi connectivity index (χ2n) is 5.82. The lowest BCUT2D eigenvalue weighted by Crippen LogP contribution is -2.25. The van der Waals surface area contributed by atoms with Crippen LogP contribution >= 0.6 is 11.3 Å². The molecule has 0 aliphatic heterocycles. The summed E-state index contributed by atoms with van der Waals surface area (Å²) < 4.78 is 0. The summed E-state index contributed by atoms with van der Waals surface area (Å²) in [5.41, 5.74) is 2.99. The molecule has 0 saturated carbocycles. The Morgan fingerprint density at radius 1 is 1.08 bits per heavy atom. The highest BCUT2D eigenvalue weighted by atomic mass is 32.1. The van der Waals surface area contributed by atoms with Gasteiger partial charge in [-0.1, -0.05) is 48.5 Å². The molecule has 0 saturated heterocycles. The molecule has 1 N–H and O–H groups in total. The third-order valence-electron chi connectivity index (χ3n) is 3.97. The normalized spacial score (nSPS) is 10.6. The lowest BCUT2D eigenvalue weighted by molar-refractivity contribution is 0.0701. The van der Waals surface area contributed by atoms with Gasteiger partial charge in [-0.15, -0.1) is 11.3 Å². The Balaban J connectivity index is 1.76. The number of aromatic nitrogens is 1. The smallest absolute Gasteiger partial charge is 0.347 e. The molecule has 3 aromatic rings. The first-order valence-electron chi connectivity index (χ1n) is 8.17. The third kappa shape index (κ3) is 4.45. The van der Waals surface area contributed by atoms with Crippen molar-refractivity contribution in [3.63, 3.8) is 0 Å². The molecule has 0 unspecified atom stereocenters. The molecule has 0 spiro atoms. The molecule has 128 valence electrons. The van der Waals surface area contributed by atoms with Crippen molar-refractivity contribution >= 4 is 23.0 Å². The molecule has 5 heteroatoms. The van der Waals surface area contributed by atoms with E-state index in [1.54, 1.807) is 6.92 Å². The summed E-state index contributed by atoms with van der Waals surface area (Å²) in [5.74, 6) is -0.898. The number of nitrogens with zero attached hydrogens (tertiary/aromatic N) is 2. The Kier molecular flexibility index (Phi) is 5.46. The number of anilines is 1. The van der Waals surface area contributed by atoms with Gasteiger partial charge in [-0.25, -0.2) is 9.78 Å². The average molecular weight is 352 g/mol. The van der Waals surface area contributed by atoms with Crippen molar-refractivity contribution < 1.29 is 9.90 Å². The number of para-hydroxylation sites is 1. The minimum Gasteiger partial charge on any atom is -0.477 e. The van der Waals surface area contributed by atoms with Gasteiger partial charge in [0.05, 0.1) is 10.7 Å². The Labute approximate surface area is 151 Å². The number of carboxylic acid groups (broad SMARTS) is 1. The van der Waals surface area contributed by atoms with Gasteiger partial charge in [-0.2, -0.15) is 0 Å². The maximum Gasteiger partial charge on any atom is 0.347 e. The minimum absolute atomic E-state index is 0.337. The van der Waals surface area contributed by atoms with Gasteiger partial charge in [0.1, 0.15) is 4.88 Å². The Hall–Kier alpha value is -2.66. The lowest BCUT2D eigenvalue weighted by Gasteiger charge is -2.24. The lowest BCUT2D eigenvalue weighted by atomic mass is 10.2. The Bertz CT molecular complexity index is 831. The van der Waals surface area contributed by atoms with E-state index in [-0.39, 0.29) is 0 Å². The first kappa shape index (κ1) is 17.2. The van der Waals surface area contributed by atoms with E-state index in [0.29, 0.717) is 10.6 Å². The van der Waals surface area contributed by atoms with Gasteiger partial charge in [-0.3, -0.25) is 0 Å². The highest BCUT2D eigenvalue weighted by Crippen LogP contribution is 2.21. The van der Waals surface area contributed by atoms with Crippen molar-refractivity contribution in [2.24, 2.45) is 0 Å². The Morgan fingerprint density at radius 2 is 1.72 bits per heavy atom. The van der Waals surface area contributed by atoms with Crippen molar-refractivity contribution in [3.8, 4) is 0 Å². The van der Waals surface area contributed by atoms with Crippen molar-refractivity contribution in [2.75, 3.05) is 11.4 Å². The summed E-state index contributed by atoms with van der Waals surface area (Å²) >= 11 is 1.27. The number of aryl methyl sites for hydroxylation is 1. The summed E-state index contributed by atoms with van der Waals surface area (Å²) in [6, 6.07) is 20.6. The number of rotatable bonds is 7. The van der Waals surface area contributed by atoms with E-state index in [0.717, 1.165) is 30.2 Å². The van der Waals surface area contributed by atoms with Crippen LogP contribution in [0.1, 0.15) is 25.9 Å². The van der Waals surface area contributed by atoms with Gasteiger partial charge < -0.3 is 10.0 Å². The topological polar surface area (TPSA) is 53.4 Å². The average Bonchev–Trinajstić information content (AvgIpc) is 3.01. The molecule has 25 heavy (non-hydrogen) atoms. The zero-order valence-corrected chi connectivity index (χ0v) is 14.9. The predicted molar refractivity (Wildman–Crippen MR) is 101 cm³/mol. The molecule has 0 aliphatic rings.